The molecule has 2 rings (SSSR count). The van der Waals surface area contributed by atoms with Crippen LogP contribution in [0.3, 0.4) is 0 Å². The summed E-state index contributed by atoms with van der Waals surface area (Å²) in [4.78, 5) is 11.9. The minimum absolute atomic E-state index is 0.0203. The van der Waals surface area contributed by atoms with E-state index in [1.165, 1.54) is 12.7 Å². The maximum Gasteiger partial charge on any atom is 0.333 e. The van der Waals surface area contributed by atoms with Crippen LogP contribution < -0.4 is 0 Å². The molecule has 0 unspecified atom stereocenters. The molecular weight excluding hydrogens is 404 g/mol. The van der Waals surface area contributed by atoms with Crippen LogP contribution in [0.25, 0.3) is 0 Å². The minimum atomic E-state index is -1.92. The first-order valence-corrected chi connectivity index (χ1v) is 14.5. The fourth-order valence-corrected chi connectivity index (χ4v) is 5.27. The Morgan fingerprint density at radius 2 is 1.87 bits per heavy atom. The van der Waals surface area contributed by atoms with Crippen molar-refractivity contribution in [1.29, 1.82) is 0 Å². The largest absolute Gasteiger partial charge is 0.466 e. The Morgan fingerprint density at radius 1 is 1.19 bits per heavy atom. The van der Waals surface area contributed by atoms with Gasteiger partial charge in [0.25, 0.3) is 0 Å². The molecule has 0 aromatic heterocycles. The molecule has 0 heterocycles. The van der Waals surface area contributed by atoms with E-state index >= 15 is 0 Å². The molecule has 5 heteroatoms. The maximum atomic E-state index is 11.9. The molecule has 0 N–H and O–H groups in total. The molecule has 2 atom stereocenters. The average molecular weight is 447 g/mol. The lowest BCUT2D eigenvalue weighted by molar-refractivity contribution is -0.136. The van der Waals surface area contributed by atoms with Gasteiger partial charge in [0.05, 0.1) is 19.8 Å². The van der Waals surface area contributed by atoms with Crippen molar-refractivity contribution in [2.75, 3.05) is 13.7 Å². The van der Waals surface area contributed by atoms with E-state index in [4.69, 9.17) is 13.9 Å². The molecule has 4 nitrogen and oxygen atoms in total. The fraction of sp³-hybridized carbons (Fsp3) is 0.654. The second-order valence-electron chi connectivity index (χ2n) is 10.6. The summed E-state index contributed by atoms with van der Waals surface area (Å²) in [5.74, 6) is -0.196. The van der Waals surface area contributed by atoms with Gasteiger partial charge in [-0.3, -0.25) is 0 Å². The van der Waals surface area contributed by atoms with Crippen LogP contribution in [0.2, 0.25) is 18.1 Å². The summed E-state index contributed by atoms with van der Waals surface area (Å²) in [5, 5.41) is 0.160. The number of methoxy groups -OCH3 is 1. The van der Waals surface area contributed by atoms with Gasteiger partial charge in [-0.1, -0.05) is 64.1 Å². The number of hydrogen-bond acceptors (Lipinski definition) is 4. The van der Waals surface area contributed by atoms with Gasteiger partial charge in [0.2, 0.25) is 0 Å². The zero-order valence-electron chi connectivity index (χ0n) is 20.6. The number of benzene rings is 1. The Labute approximate surface area is 190 Å². The summed E-state index contributed by atoms with van der Waals surface area (Å²) in [6.07, 6.45) is 6.71. The minimum Gasteiger partial charge on any atom is -0.466 e. The number of allylic oxidation sites excluding steroid dienone is 1. The van der Waals surface area contributed by atoms with E-state index in [0.29, 0.717) is 6.61 Å². The molecule has 0 amide bonds. The second-order valence-corrected chi connectivity index (χ2v) is 15.4. The molecule has 1 aromatic rings. The van der Waals surface area contributed by atoms with Crippen LogP contribution in [0.5, 0.6) is 0 Å². The molecule has 0 fully saturated rings. The van der Waals surface area contributed by atoms with Gasteiger partial charge in [-0.2, -0.15) is 0 Å². The molecule has 1 aliphatic rings. The predicted octanol–water partition coefficient (Wildman–Crippen LogP) is 6.66. The molecule has 31 heavy (non-hydrogen) atoms. The van der Waals surface area contributed by atoms with E-state index in [9.17, 15) is 4.79 Å². The number of ether oxygens (including phenoxy) is 2. The van der Waals surface area contributed by atoms with Gasteiger partial charge in [0.15, 0.2) is 8.32 Å². The molecule has 0 aliphatic heterocycles. The number of esters is 1. The lowest BCUT2D eigenvalue weighted by atomic mass is 9.71. The highest BCUT2D eigenvalue weighted by molar-refractivity contribution is 6.74. The molecule has 0 radical (unpaired) electrons. The molecule has 0 saturated carbocycles. The van der Waals surface area contributed by atoms with Crippen molar-refractivity contribution >= 4 is 14.3 Å². The van der Waals surface area contributed by atoms with Crippen molar-refractivity contribution in [3.8, 4) is 0 Å². The first-order valence-electron chi connectivity index (χ1n) is 11.6. The van der Waals surface area contributed by atoms with Crippen LogP contribution in [0, 0.1) is 5.41 Å². The zero-order valence-corrected chi connectivity index (χ0v) is 21.6. The zero-order chi connectivity index (χ0) is 23.1. The summed E-state index contributed by atoms with van der Waals surface area (Å²) in [5.41, 5.74) is 2.03. The first kappa shape index (κ1) is 25.8. The summed E-state index contributed by atoms with van der Waals surface area (Å²) in [7, 11) is -0.465. The van der Waals surface area contributed by atoms with Gasteiger partial charge in [-0.25, -0.2) is 4.79 Å². The molecule has 1 aromatic carbocycles. The summed E-state index contributed by atoms with van der Waals surface area (Å²) in [6.45, 7) is 15.2. The van der Waals surface area contributed by atoms with Crippen LogP contribution in [0.15, 0.2) is 42.0 Å². The standard InChI is InChI=1S/C26H42O4Si/c1-25(2,3)31(6,7)30-23(14-11-19-29-20-21-12-9-8-10-13-21)26(4)17-15-22(16-18-26)24(27)28-5/h8-10,12-13,15,23H,11,14,16-20H2,1-7H3/t23-,26+/m0/s1. The Balaban J connectivity index is 2.02. The average Bonchev–Trinajstić information content (AvgIpc) is 2.72. The Morgan fingerprint density at radius 3 is 2.42 bits per heavy atom. The van der Waals surface area contributed by atoms with Crippen molar-refractivity contribution in [3.05, 3.63) is 47.5 Å². The van der Waals surface area contributed by atoms with E-state index in [-0.39, 0.29) is 22.5 Å². The molecule has 0 bridgehead atoms. The third-order valence-electron chi connectivity index (χ3n) is 7.11. The van der Waals surface area contributed by atoms with Gasteiger partial charge in [-0.05, 0) is 61.2 Å². The monoisotopic (exact) mass is 446 g/mol. The highest BCUT2D eigenvalue weighted by atomic mass is 28.4. The van der Waals surface area contributed by atoms with Gasteiger partial charge in [-0.15, -0.1) is 0 Å². The van der Waals surface area contributed by atoms with Crippen molar-refractivity contribution in [1.82, 2.24) is 0 Å². The van der Waals surface area contributed by atoms with E-state index in [2.05, 4.69) is 59.0 Å². The SMILES string of the molecule is COC(=O)C1=CC[C@@](C)([C@H](CCCOCc2ccccc2)O[Si](C)(C)C(C)(C)C)CC1. The van der Waals surface area contributed by atoms with Gasteiger partial charge in [0, 0.05) is 12.2 Å². The van der Waals surface area contributed by atoms with Crippen molar-refractivity contribution in [2.24, 2.45) is 5.41 Å². The topological polar surface area (TPSA) is 44.8 Å². The van der Waals surface area contributed by atoms with Crippen molar-refractivity contribution in [3.63, 3.8) is 0 Å². The van der Waals surface area contributed by atoms with E-state index in [0.717, 1.165) is 44.3 Å². The van der Waals surface area contributed by atoms with E-state index in [1.54, 1.807) is 0 Å². The number of rotatable bonds is 10. The summed E-state index contributed by atoms with van der Waals surface area (Å²) in [6, 6.07) is 10.3. The van der Waals surface area contributed by atoms with Crippen molar-refractivity contribution in [2.45, 2.75) is 90.6 Å². The normalized spacial score (nSPS) is 20.8. The lowest BCUT2D eigenvalue weighted by Gasteiger charge is -2.46. The Bertz CT molecular complexity index is 736. The highest BCUT2D eigenvalue weighted by Crippen LogP contribution is 2.45. The molecule has 174 valence electrons. The second kappa shape index (κ2) is 10.9. The third kappa shape index (κ3) is 7.30. The van der Waals surface area contributed by atoms with Crippen molar-refractivity contribution < 1.29 is 18.7 Å². The van der Waals surface area contributed by atoms with Crippen LogP contribution in [0.4, 0.5) is 0 Å². The maximum absolute atomic E-state index is 11.9. The van der Waals surface area contributed by atoms with Crippen LogP contribution in [0.1, 0.15) is 65.4 Å². The highest BCUT2D eigenvalue weighted by Gasteiger charge is 2.44. The summed E-state index contributed by atoms with van der Waals surface area (Å²) >= 11 is 0. The molecule has 1 aliphatic carbocycles. The summed E-state index contributed by atoms with van der Waals surface area (Å²) < 4.78 is 17.8. The smallest absolute Gasteiger partial charge is 0.333 e. The van der Waals surface area contributed by atoms with Gasteiger partial charge < -0.3 is 13.9 Å². The number of carbonyl (C=O) groups is 1. The molecular formula is C26H42O4Si. The van der Waals surface area contributed by atoms with Crippen LogP contribution in [-0.2, 0) is 25.3 Å². The molecule has 0 saturated heterocycles. The van der Waals surface area contributed by atoms with Crippen LogP contribution in [-0.4, -0.2) is 34.1 Å². The number of carbonyl (C=O) groups excluding carboxylic acids is 1. The van der Waals surface area contributed by atoms with Crippen LogP contribution >= 0.6 is 0 Å². The van der Waals surface area contributed by atoms with Gasteiger partial charge in [0.1, 0.15) is 0 Å². The lowest BCUT2D eigenvalue weighted by Crippen LogP contribution is -2.49. The fourth-order valence-electron chi connectivity index (χ4n) is 3.81. The number of hydrogen-bond donors (Lipinski definition) is 0. The van der Waals surface area contributed by atoms with E-state index < -0.39 is 8.32 Å². The van der Waals surface area contributed by atoms with E-state index in [1.807, 2.05) is 18.2 Å². The van der Waals surface area contributed by atoms with Gasteiger partial charge >= 0.3 is 5.97 Å². The first-order chi connectivity index (χ1) is 14.5. The quantitative estimate of drug-likeness (QED) is 0.229. The Hall–Kier alpha value is -1.43. The third-order valence-corrected chi connectivity index (χ3v) is 11.6. The molecule has 0 spiro atoms. The predicted molar refractivity (Wildman–Crippen MR) is 129 cm³/mol. The Kier molecular flexibility index (Phi) is 9.11.